The van der Waals surface area contributed by atoms with Crippen LogP contribution in [0.1, 0.15) is 55.6 Å². The Bertz CT molecular complexity index is 5300. The van der Waals surface area contributed by atoms with Crippen molar-refractivity contribution in [3.8, 4) is 50.2 Å². The molecule has 432 valence electrons. The molecule has 0 bridgehead atoms. The summed E-state index contributed by atoms with van der Waals surface area (Å²) < 4.78 is 2.50. The number of nitrogens with zero attached hydrogens (tertiary/aromatic N) is 2. The van der Waals surface area contributed by atoms with E-state index in [1.165, 1.54) is 138 Å². The molecule has 2 heteroatoms. The number of benzene rings is 15. The van der Waals surface area contributed by atoms with E-state index in [0.717, 1.165) is 28.2 Å². The van der Waals surface area contributed by atoms with Crippen molar-refractivity contribution < 1.29 is 0 Å². The van der Waals surface area contributed by atoms with E-state index in [-0.39, 0.29) is 0 Å². The van der Waals surface area contributed by atoms with Crippen LogP contribution in [0, 0.1) is 13.8 Å². The Morgan fingerprint density at radius 1 is 0.250 bits per heavy atom. The van der Waals surface area contributed by atoms with Gasteiger partial charge in [-0.15, -0.1) is 0 Å². The van der Waals surface area contributed by atoms with Gasteiger partial charge in [0.25, 0.3) is 0 Å². The fraction of sp³-hybridized carbons (Fsp3) is 0.0444. The molecule has 92 heavy (non-hydrogen) atoms. The van der Waals surface area contributed by atoms with E-state index in [4.69, 9.17) is 0 Å². The van der Waals surface area contributed by atoms with Gasteiger partial charge in [-0.25, -0.2) is 0 Å². The van der Waals surface area contributed by atoms with Gasteiger partial charge < -0.3 is 9.47 Å². The number of hydrogen-bond donors (Lipinski definition) is 0. The zero-order chi connectivity index (χ0) is 61.1. The van der Waals surface area contributed by atoms with Crippen molar-refractivity contribution in [3.05, 3.63) is 395 Å². The van der Waals surface area contributed by atoms with E-state index in [9.17, 15) is 0 Å². The van der Waals surface area contributed by atoms with Crippen LogP contribution in [0.5, 0.6) is 0 Å². The molecule has 0 amide bonds. The fourth-order valence-corrected chi connectivity index (χ4v) is 16.2. The van der Waals surface area contributed by atoms with E-state index in [0.29, 0.717) is 0 Å². The van der Waals surface area contributed by atoms with E-state index in [2.05, 4.69) is 363 Å². The van der Waals surface area contributed by atoms with Gasteiger partial charge in [0.2, 0.25) is 0 Å². The second-order valence-corrected chi connectivity index (χ2v) is 25.2. The van der Waals surface area contributed by atoms with Crippen molar-refractivity contribution in [2.45, 2.75) is 24.7 Å². The zero-order valence-corrected chi connectivity index (χ0v) is 51.2. The van der Waals surface area contributed by atoms with Crippen molar-refractivity contribution in [1.82, 2.24) is 4.57 Å². The summed E-state index contributed by atoms with van der Waals surface area (Å²) in [5, 5.41) is 7.39. The summed E-state index contributed by atoms with van der Waals surface area (Å²) in [6, 6.07) is 128. The molecule has 0 N–H and O–H groups in total. The van der Waals surface area contributed by atoms with E-state index in [1.807, 2.05) is 0 Å². The molecule has 0 fully saturated rings. The Labute approximate surface area is 536 Å². The minimum Gasteiger partial charge on any atom is -0.310 e. The van der Waals surface area contributed by atoms with Gasteiger partial charge in [-0.2, -0.15) is 0 Å². The number of hydrogen-bond acceptors (Lipinski definition) is 1. The van der Waals surface area contributed by atoms with Gasteiger partial charge in [0, 0.05) is 33.2 Å². The number of aromatic nitrogens is 1. The van der Waals surface area contributed by atoms with Crippen molar-refractivity contribution in [1.29, 1.82) is 0 Å². The molecule has 2 aliphatic carbocycles. The van der Waals surface area contributed by atoms with Crippen LogP contribution in [0.3, 0.4) is 0 Å². The molecule has 0 atom stereocenters. The van der Waals surface area contributed by atoms with Gasteiger partial charge in [0.1, 0.15) is 0 Å². The minimum absolute atomic E-state index is 0.594. The Balaban J connectivity index is 0.853. The van der Waals surface area contributed by atoms with Crippen molar-refractivity contribution in [3.63, 3.8) is 0 Å². The lowest BCUT2D eigenvalue weighted by Crippen LogP contribution is -2.29. The van der Waals surface area contributed by atoms with Crippen molar-refractivity contribution in [2.24, 2.45) is 0 Å². The number of rotatable bonds is 10. The lowest BCUT2D eigenvalue weighted by Gasteiger charge is -2.36. The van der Waals surface area contributed by atoms with Gasteiger partial charge in [0.15, 0.2) is 0 Å². The maximum absolute atomic E-state index is 2.52. The summed E-state index contributed by atoms with van der Waals surface area (Å²) in [5.41, 5.74) is 27.9. The van der Waals surface area contributed by atoms with Crippen LogP contribution in [-0.4, -0.2) is 4.57 Å². The maximum atomic E-state index is 2.52. The van der Waals surface area contributed by atoms with Gasteiger partial charge in [-0.3, -0.25) is 0 Å². The lowest BCUT2D eigenvalue weighted by atomic mass is 9.67. The minimum atomic E-state index is -0.594. The molecule has 1 aromatic heterocycles. The Hall–Kier alpha value is -11.6. The third kappa shape index (κ3) is 8.00. The molecule has 0 aliphatic heterocycles. The molecule has 0 saturated carbocycles. The highest BCUT2D eigenvalue weighted by Crippen LogP contribution is 2.60. The van der Waals surface area contributed by atoms with Crippen LogP contribution in [0.25, 0.3) is 93.5 Å². The molecule has 0 unspecified atom stereocenters. The highest BCUT2D eigenvalue weighted by molar-refractivity contribution is 6.16. The first kappa shape index (κ1) is 53.4. The molecule has 15 aromatic carbocycles. The van der Waals surface area contributed by atoms with Gasteiger partial charge >= 0.3 is 0 Å². The van der Waals surface area contributed by atoms with E-state index < -0.39 is 10.8 Å². The molecule has 18 rings (SSSR count). The Kier molecular flexibility index (Phi) is 12.2. The molecular weight excluding hydrogens is 1110 g/mol. The third-order valence-electron chi connectivity index (χ3n) is 20.2. The molecule has 2 aliphatic rings. The molecule has 0 radical (unpaired) electrons. The molecular formula is C90H62N2. The number of aryl methyl sites for hydroxylation is 2. The van der Waals surface area contributed by atoms with Crippen LogP contribution in [-0.2, 0) is 10.8 Å². The lowest BCUT2D eigenvalue weighted by molar-refractivity contribution is 0.766. The highest BCUT2D eigenvalue weighted by atomic mass is 15.1. The molecule has 16 aromatic rings. The van der Waals surface area contributed by atoms with Gasteiger partial charge in [-0.05, 0) is 186 Å². The van der Waals surface area contributed by atoms with Crippen LogP contribution in [0.2, 0.25) is 0 Å². The Morgan fingerprint density at radius 3 is 1.08 bits per heavy atom. The summed E-state index contributed by atoms with van der Waals surface area (Å²) >= 11 is 0. The summed E-state index contributed by atoms with van der Waals surface area (Å²) in [6.45, 7) is 4.45. The average molecular weight is 1170 g/mol. The predicted molar refractivity (Wildman–Crippen MR) is 385 cm³/mol. The van der Waals surface area contributed by atoms with Crippen molar-refractivity contribution >= 4 is 60.4 Å². The monoisotopic (exact) mass is 1170 g/mol. The molecule has 0 spiro atoms. The summed E-state index contributed by atoms with van der Waals surface area (Å²) in [6.07, 6.45) is 0. The second kappa shape index (κ2) is 21.0. The largest absolute Gasteiger partial charge is 0.310 e. The van der Waals surface area contributed by atoms with Crippen molar-refractivity contribution in [2.75, 3.05) is 4.90 Å². The van der Waals surface area contributed by atoms with Crippen LogP contribution in [0.4, 0.5) is 17.1 Å². The number of fused-ring (bicyclic) bond motifs is 12. The first-order chi connectivity index (χ1) is 45.4. The van der Waals surface area contributed by atoms with E-state index >= 15 is 0 Å². The second-order valence-electron chi connectivity index (χ2n) is 25.2. The molecule has 0 saturated heterocycles. The van der Waals surface area contributed by atoms with E-state index in [1.54, 1.807) is 0 Å². The highest BCUT2D eigenvalue weighted by Gasteiger charge is 2.48. The summed E-state index contributed by atoms with van der Waals surface area (Å²) in [7, 11) is 0. The SMILES string of the molecule is Cc1ccc2c(c1)C(c1ccccc1)(c1ccccc1)c1cc(N(c3ccc(-c4ccc5c(c4)c4cc(-c6ccccc6)ccc4n5-c4cc5ccccc5c5ccccc45)cc3)c3ccc4c(c3)C(c3ccccc3)(c3ccccc3)c3cc(C)ccc3-4)ccc1-2. The smallest absolute Gasteiger partial charge is 0.0714 e. The number of anilines is 3. The Morgan fingerprint density at radius 2 is 0.609 bits per heavy atom. The van der Waals surface area contributed by atoms with Crippen LogP contribution < -0.4 is 4.90 Å². The first-order valence-electron chi connectivity index (χ1n) is 32.1. The third-order valence-corrected chi connectivity index (χ3v) is 20.2. The van der Waals surface area contributed by atoms with Gasteiger partial charge in [-0.1, -0.05) is 284 Å². The molecule has 1 heterocycles. The quantitative estimate of drug-likeness (QED) is 0.124. The standard InChI is InChI=1S/C90H62N2/c1-59-36-46-75-77-48-44-71(57-84(77)89(82(75)52-59,66-25-10-4-11-26-66)67-27-12-5-13-28-67)91(72-45-49-78-76-47-37-60(2)53-83(76)90(85(78)58-72,68-29-14-6-15-30-68)69-31-16-7-17-32-69)70-42-38-62(39-43-70)64-41-51-87-81(55-64)80-54-63(61-22-8-3-9-23-61)40-50-86(80)92(87)88-56-65-24-18-19-33-73(65)74-34-20-21-35-79(74)88/h3-58H,1-2H3. The maximum Gasteiger partial charge on any atom is 0.0714 e. The van der Waals surface area contributed by atoms with Crippen LogP contribution >= 0.6 is 0 Å². The zero-order valence-electron chi connectivity index (χ0n) is 51.2. The summed E-state index contributed by atoms with van der Waals surface area (Å²) in [5.74, 6) is 0. The topological polar surface area (TPSA) is 8.17 Å². The molecule has 2 nitrogen and oxygen atoms in total. The summed E-state index contributed by atoms with van der Waals surface area (Å²) in [4.78, 5) is 2.52. The predicted octanol–water partition coefficient (Wildman–Crippen LogP) is 23.2. The average Bonchev–Trinajstić information content (AvgIpc) is 1.54. The van der Waals surface area contributed by atoms with Crippen LogP contribution in [0.15, 0.2) is 340 Å². The first-order valence-corrected chi connectivity index (χ1v) is 32.1. The van der Waals surface area contributed by atoms with Gasteiger partial charge in [0.05, 0.1) is 27.6 Å². The fourth-order valence-electron chi connectivity index (χ4n) is 16.2. The normalized spacial score (nSPS) is 13.3.